The van der Waals surface area contributed by atoms with Gasteiger partial charge in [-0.25, -0.2) is 0 Å². The summed E-state index contributed by atoms with van der Waals surface area (Å²) in [5.74, 6) is 1.18. The van der Waals surface area contributed by atoms with Gasteiger partial charge in [0.15, 0.2) is 0 Å². The number of hydrogen-bond acceptors (Lipinski definition) is 3. The van der Waals surface area contributed by atoms with Crippen LogP contribution in [0.4, 0.5) is 0 Å². The first kappa shape index (κ1) is 15.9. The predicted octanol–water partition coefficient (Wildman–Crippen LogP) is 3.63. The number of benzene rings is 1. The molecule has 0 bridgehead atoms. The fourth-order valence-corrected chi connectivity index (χ4v) is 3.80. The number of nitrogens with zero attached hydrogens (tertiary/aromatic N) is 1. The molecule has 20 heavy (non-hydrogen) atoms. The van der Waals surface area contributed by atoms with Crippen molar-refractivity contribution in [1.29, 1.82) is 0 Å². The largest absolute Gasteiger partial charge is 0.309 e. The Morgan fingerprint density at radius 2 is 2.05 bits per heavy atom. The molecule has 1 heterocycles. The van der Waals surface area contributed by atoms with E-state index in [2.05, 4.69) is 61.3 Å². The van der Waals surface area contributed by atoms with Gasteiger partial charge < -0.3 is 5.32 Å². The Bertz CT molecular complexity index is 391. The first-order valence-corrected chi connectivity index (χ1v) is 8.76. The van der Waals surface area contributed by atoms with Crippen molar-refractivity contribution in [2.75, 3.05) is 25.4 Å². The lowest BCUT2D eigenvalue weighted by atomic mass is 9.97. The van der Waals surface area contributed by atoms with E-state index in [1.165, 1.54) is 30.0 Å². The molecule has 0 radical (unpaired) electrons. The normalized spacial score (nSPS) is 22.9. The highest BCUT2D eigenvalue weighted by atomic mass is 32.2. The summed E-state index contributed by atoms with van der Waals surface area (Å²) in [6, 6.07) is 11.4. The summed E-state index contributed by atoms with van der Waals surface area (Å²) in [6.07, 6.45) is 2.58. The van der Waals surface area contributed by atoms with E-state index in [1.54, 1.807) is 0 Å². The predicted molar refractivity (Wildman–Crippen MR) is 89.5 cm³/mol. The molecule has 1 atom stereocenters. The first-order chi connectivity index (χ1) is 9.61. The van der Waals surface area contributed by atoms with Crippen molar-refractivity contribution < 1.29 is 0 Å². The first-order valence-electron chi connectivity index (χ1n) is 7.77. The van der Waals surface area contributed by atoms with E-state index in [9.17, 15) is 0 Å². The maximum atomic E-state index is 3.68. The summed E-state index contributed by atoms with van der Waals surface area (Å²) in [5, 5.41) is 3.68. The van der Waals surface area contributed by atoms with Crippen molar-refractivity contribution in [3.63, 3.8) is 0 Å². The van der Waals surface area contributed by atoms with E-state index in [0.717, 1.165) is 13.1 Å². The Labute approximate surface area is 128 Å². The fourth-order valence-electron chi connectivity index (χ4n) is 2.89. The monoisotopic (exact) mass is 292 g/mol. The molecule has 3 heteroatoms. The molecule has 0 spiro atoms. The molecule has 0 amide bonds. The zero-order chi connectivity index (χ0) is 14.4. The third-order valence-electron chi connectivity index (χ3n) is 3.94. The molecule has 2 rings (SSSR count). The Kier molecular flexibility index (Phi) is 5.94. The molecule has 1 aliphatic rings. The summed E-state index contributed by atoms with van der Waals surface area (Å²) in [7, 11) is 0. The Balaban J connectivity index is 1.84. The zero-order valence-electron chi connectivity index (χ0n) is 13.1. The van der Waals surface area contributed by atoms with E-state index in [4.69, 9.17) is 0 Å². The van der Waals surface area contributed by atoms with Crippen LogP contribution in [0.15, 0.2) is 35.2 Å². The van der Waals surface area contributed by atoms with Gasteiger partial charge in [-0.3, -0.25) is 4.90 Å². The molecule has 1 fully saturated rings. The van der Waals surface area contributed by atoms with Crippen LogP contribution in [0, 0.1) is 0 Å². The highest BCUT2D eigenvalue weighted by Crippen LogP contribution is 2.21. The molecule has 1 aromatic rings. The second-order valence-electron chi connectivity index (χ2n) is 6.34. The van der Waals surface area contributed by atoms with Crippen LogP contribution in [0.25, 0.3) is 0 Å². The highest BCUT2D eigenvalue weighted by molar-refractivity contribution is 7.99. The second kappa shape index (κ2) is 7.48. The number of piperazine rings is 1. The summed E-state index contributed by atoms with van der Waals surface area (Å²) < 4.78 is 0. The lowest BCUT2D eigenvalue weighted by Crippen LogP contribution is -2.61. The van der Waals surface area contributed by atoms with Crippen molar-refractivity contribution in [3.8, 4) is 0 Å². The van der Waals surface area contributed by atoms with Crippen LogP contribution in [-0.2, 0) is 0 Å². The molecule has 1 saturated heterocycles. The molecule has 1 aromatic carbocycles. The van der Waals surface area contributed by atoms with Crippen molar-refractivity contribution in [2.24, 2.45) is 0 Å². The molecule has 1 unspecified atom stereocenters. The molecular formula is C17H28N2S. The summed E-state index contributed by atoms with van der Waals surface area (Å²) >= 11 is 1.97. The molecule has 0 aliphatic carbocycles. The molecule has 1 aliphatic heterocycles. The van der Waals surface area contributed by atoms with Crippen molar-refractivity contribution in [2.45, 2.75) is 50.1 Å². The smallest absolute Gasteiger partial charge is 0.0252 e. The Morgan fingerprint density at radius 3 is 2.75 bits per heavy atom. The average molecular weight is 292 g/mol. The van der Waals surface area contributed by atoms with E-state index >= 15 is 0 Å². The summed E-state index contributed by atoms with van der Waals surface area (Å²) in [6.45, 7) is 10.4. The van der Waals surface area contributed by atoms with Gasteiger partial charge in [0.1, 0.15) is 0 Å². The van der Waals surface area contributed by atoms with Gasteiger partial charge in [-0.1, -0.05) is 31.5 Å². The van der Waals surface area contributed by atoms with Crippen LogP contribution >= 0.6 is 11.8 Å². The maximum Gasteiger partial charge on any atom is 0.0252 e. The van der Waals surface area contributed by atoms with Gasteiger partial charge in [-0.15, -0.1) is 11.8 Å². The minimum absolute atomic E-state index is 0.252. The number of thioether (sulfide) groups is 1. The molecule has 1 N–H and O–H groups in total. The van der Waals surface area contributed by atoms with Crippen molar-refractivity contribution >= 4 is 11.8 Å². The van der Waals surface area contributed by atoms with Crippen LogP contribution in [-0.4, -0.2) is 41.9 Å². The SMILES string of the molecule is CCCC1CNC(C)(C)CN1CCSc1ccccc1. The molecule has 2 nitrogen and oxygen atoms in total. The van der Waals surface area contributed by atoms with E-state index in [1.807, 2.05) is 11.8 Å². The number of nitrogens with one attached hydrogen (secondary N) is 1. The topological polar surface area (TPSA) is 15.3 Å². The number of hydrogen-bond donors (Lipinski definition) is 1. The Morgan fingerprint density at radius 1 is 1.30 bits per heavy atom. The van der Waals surface area contributed by atoms with Crippen LogP contribution in [0.1, 0.15) is 33.6 Å². The van der Waals surface area contributed by atoms with Crippen LogP contribution in [0.3, 0.4) is 0 Å². The van der Waals surface area contributed by atoms with Gasteiger partial charge in [0.2, 0.25) is 0 Å². The van der Waals surface area contributed by atoms with Crippen LogP contribution in [0.2, 0.25) is 0 Å². The minimum Gasteiger partial charge on any atom is -0.309 e. The lowest BCUT2D eigenvalue weighted by Gasteiger charge is -2.44. The third kappa shape index (κ3) is 4.80. The zero-order valence-corrected chi connectivity index (χ0v) is 13.9. The summed E-state index contributed by atoms with van der Waals surface area (Å²) in [5.41, 5.74) is 0.252. The van der Waals surface area contributed by atoms with Crippen LogP contribution < -0.4 is 5.32 Å². The lowest BCUT2D eigenvalue weighted by molar-refractivity contribution is 0.0962. The minimum atomic E-state index is 0.252. The molecule has 112 valence electrons. The second-order valence-corrected chi connectivity index (χ2v) is 7.51. The van der Waals surface area contributed by atoms with Crippen LogP contribution in [0.5, 0.6) is 0 Å². The van der Waals surface area contributed by atoms with Gasteiger partial charge in [-0.05, 0) is 32.4 Å². The summed E-state index contributed by atoms with van der Waals surface area (Å²) in [4.78, 5) is 4.07. The molecule has 0 saturated carbocycles. The molecular weight excluding hydrogens is 264 g/mol. The van der Waals surface area contributed by atoms with Gasteiger partial charge in [0.25, 0.3) is 0 Å². The standard InChI is InChI=1S/C17H28N2S/c1-4-8-15-13-18-17(2,3)14-19(15)11-12-20-16-9-6-5-7-10-16/h5-7,9-10,15,18H,4,8,11-14H2,1-3H3. The quantitative estimate of drug-likeness (QED) is 0.806. The van der Waals surface area contributed by atoms with Gasteiger partial charge in [0, 0.05) is 41.9 Å². The van der Waals surface area contributed by atoms with Crippen molar-refractivity contribution in [3.05, 3.63) is 30.3 Å². The molecule has 0 aromatic heterocycles. The number of rotatable bonds is 6. The highest BCUT2D eigenvalue weighted by Gasteiger charge is 2.31. The van der Waals surface area contributed by atoms with E-state index in [0.29, 0.717) is 6.04 Å². The van der Waals surface area contributed by atoms with E-state index in [-0.39, 0.29) is 5.54 Å². The maximum absolute atomic E-state index is 3.68. The van der Waals surface area contributed by atoms with Gasteiger partial charge in [-0.2, -0.15) is 0 Å². The third-order valence-corrected chi connectivity index (χ3v) is 4.94. The van der Waals surface area contributed by atoms with Gasteiger partial charge in [0.05, 0.1) is 0 Å². The fraction of sp³-hybridized carbons (Fsp3) is 0.647. The van der Waals surface area contributed by atoms with E-state index < -0.39 is 0 Å². The van der Waals surface area contributed by atoms with Gasteiger partial charge >= 0.3 is 0 Å². The Hall–Kier alpha value is -0.510. The van der Waals surface area contributed by atoms with Crippen molar-refractivity contribution in [1.82, 2.24) is 10.2 Å². The average Bonchev–Trinajstić information content (AvgIpc) is 2.43.